The van der Waals surface area contributed by atoms with Crippen molar-refractivity contribution in [2.45, 2.75) is 26.2 Å². The third-order valence-electron chi connectivity index (χ3n) is 2.73. The highest BCUT2D eigenvalue weighted by molar-refractivity contribution is 5.31. The van der Waals surface area contributed by atoms with Gasteiger partial charge in [0.15, 0.2) is 0 Å². The van der Waals surface area contributed by atoms with Crippen LogP contribution in [0.25, 0.3) is 0 Å². The third kappa shape index (κ3) is 2.16. The molecule has 1 heteroatoms. The minimum absolute atomic E-state index is 1.06. The van der Waals surface area contributed by atoms with Crippen LogP contribution in [0, 0.1) is 6.92 Å². The van der Waals surface area contributed by atoms with Crippen molar-refractivity contribution in [2.75, 3.05) is 7.05 Å². The van der Waals surface area contributed by atoms with Gasteiger partial charge in [-0.2, -0.15) is 0 Å². The summed E-state index contributed by atoms with van der Waals surface area (Å²) in [5.74, 6) is 0. The van der Waals surface area contributed by atoms with Gasteiger partial charge in [-0.05, 0) is 25.3 Å². The Bertz CT molecular complexity index is 340. The molecule has 1 aromatic rings. The zero-order valence-electron chi connectivity index (χ0n) is 8.93. The number of benzene rings is 1. The maximum atomic E-state index is 3.31. The molecule has 0 atom stereocenters. The fraction of sp³-hybridized carbons (Fsp3) is 0.385. The van der Waals surface area contributed by atoms with Gasteiger partial charge < -0.3 is 5.32 Å². The lowest BCUT2D eigenvalue weighted by molar-refractivity contribution is 0.912. The topological polar surface area (TPSA) is 12.0 Å². The van der Waals surface area contributed by atoms with Crippen molar-refractivity contribution in [1.29, 1.82) is 0 Å². The van der Waals surface area contributed by atoms with E-state index in [1.165, 1.54) is 29.7 Å². The number of hydrogen-bond acceptors (Lipinski definition) is 1. The maximum absolute atomic E-state index is 3.31. The molecule has 1 N–H and O–H groups in total. The van der Waals surface area contributed by atoms with Crippen molar-refractivity contribution in [3.05, 3.63) is 46.7 Å². The van der Waals surface area contributed by atoms with Gasteiger partial charge >= 0.3 is 0 Å². The standard InChI is InChI=1S/C13H17N/c1-10-3-5-11(6-4-10)9-13(14-2)12-7-8-12/h3-6,14H,7-9H2,1-2H3. The average molecular weight is 187 g/mol. The molecule has 0 aliphatic heterocycles. The van der Waals surface area contributed by atoms with Gasteiger partial charge in [0, 0.05) is 19.2 Å². The third-order valence-corrected chi connectivity index (χ3v) is 2.73. The van der Waals surface area contributed by atoms with Crippen LogP contribution in [0.3, 0.4) is 0 Å². The van der Waals surface area contributed by atoms with E-state index in [0.717, 1.165) is 6.42 Å². The average Bonchev–Trinajstić information content (AvgIpc) is 3.01. The summed E-state index contributed by atoms with van der Waals surface area (Å²) in [5.41, 5.74) is 5.76. The number of allylic oxidation sites excluding steroid dienone is 2. The fourth-order valence-corrected chi connectivity index (χ4v) is 1.66. The Labute approximate surface area is 85.8 Å². The highest BCUT2D eigenvalue weighted by atomic mass is 14.8. The summed E-state index contributed by atoms with van der Waals surface area (Å²) in [4.78, 5) is 0. The molecule has 74 valence electrons. The van der Waals surface area contributed by atoms with Crippen LogP contribution in [0.4, 0.5) is 0 Å². The zero-order chi connectivity index (χ0) is 9.97. The first kappa shape index (κ1) is 9.32. The summed E-state index contributed by atoms with van der Waals surface area (Å²) >= 11 is 0. The molecular weight excluding hydrogens is 170 g/mol. The SMILES string of the molecule is CNC(Cc1ccc(C)cc1)=C1CC1. The van der Waals surface area contributed by atoms with E-state index in [4.69, 9.17) is 0 Å². The molecule has 2 rings (SSSR count). The summed E-state index contributed by atoms with van der Waals surface area (Å²) < 4.78 is 0. The molecule has 0 saturated heterocycles. The van der Waals surface area contributed by atoms with E-state index in [9.17, 15) is 0 Å². The molecule has 1 aromatic carbocycles. The summed E-state index contributed by atoms with van der Waals surface area (Å²) in [6, 6.07) is 8.80. The van der Waals surface area contributed by atoms with E-state index < -0.39 is 0 Å². The molecule has 1 nitrogen and oxygen atoms in total. The lowest BCUT2D eigenvalue weighted by Crippen LogP contribution is -2.08. The minimum Gasteiger partial charge on any atom is -0.391 e. The van der Waals surface area contributed by atoms with Gasteiger partial charge in [0.1, 0.15) is 0 Å². The summed E-state index contributed by atoms with van der Waals surface area (Å²) in [5, 5.41) is 3.31. The normalized spacial score (nSPS) is 14.0. The molecule has 0 spiro atoms. The zero-order valence-corrected chi connectivity index (χ0v) is 8.93. The van der Waals surface area contributed by atoms with Crippen LogP contribution in [0.5, 0.6) is 0 Å². The van der Waals surface area contributed by atoms with Crippen LogP contribution in [0.1, 0.15) is 24.0 Å². The van der Waals surface area contributed by atoms with Gasteiger partial charge in [0.05, 0.1) is 0 Å². The molecule has 1 saturated carbocycles. The van der Waals surface area contributed by atoms with E-state index in [1.807, 2.05) is 7.05 Å². The highest BCUT2D eigenvalue weighted by Gasteiger charge is 2.16. The Hall–Kier alpha value is -1.24. The summed E-state index contributed by atoms with van der Waals surface area (Å²) in [7, 11) is 2.02. The van der Waals surface area contributed by atoms with Crippen molar-refractivity contribution in [3.63, 3.8) is 0 Å². The van der Waals surface area contributed by atoms with Crippen molar-refractivity contribution >= 4 is 0 Å². The van der Waals surface area contributed by atoms with Gasteiger partial charge in [-0.1, -0.05) is 35.4 Å². The molecular formula is C13H17N. The van der Waals surface area contributed by atoms with Gasteiger partial charge in [-0.15, -0.1) is 0 Å². The van der Waals surface area contributed by atoms with Crippen molar-refractivity contribution < 1.29 is 0 Å². The molecule has 0 unspecified atom stereocenters. The van der Waals surface area contributed by atoms with Crippen LogP contribution >= 0.6 is 0 Å². The van der Waals surface area contributed by atoms with Gasteiger partial charge in [-0.25, -0.2) is 0 Å². The van der Waals surface area contributed by atoms with Crippen LogP contribution in [-0.2, 0) is 6.42 Å². The second-order valence-electron chi connectivity index (χ2n) is 3.99. The molecule has 1 fully saturated rings. The van der Waals surface area contributed by atoms with Crippen molar-refractivity contribution in [2.24, 2.45) is 0 Å². The van der Waals surface area contributed by atoms with E-state index in [2.05, 4.69) is 36.5 Å². The highest BCUT2D eigenvalue weighted by Crippen LogP contribution is 2.31. The van der Waals surface area contributed by atoms with Crippen LogP contribution in [0.2, 0.25) is 0 Å². The Morgan fingerprint density at radius 1 is 1.21 bits per heavy atom. The fourth-order valence-electron chi connectivity index (χ4n) is 1.66. The molecule has 0 bridgehead atoms. The second-order valence-corrected chi connectivity index (χ2v) is 3.99. The smallest absolute Gasteiger partial charge is 0.0141 e. The molecule has 0 aromatic heterocycles. The molecule has 0 amide bonds. The molecule has 0 radical (unpaired) electrons. The molecule has 14 heavy (non-hydrogen) atoms. The second kappa shape index (κ2) is 3.87. The van der Waals surface area contributed by atoms with E-state index in [1.54, 1.807) is 5.57 Å². The van der Waals surface area contributed by atoms with Crippen molar-refractivity contribution in [3.8, 4) is 0 Å². The van der Waals surface area contributed by atoms with Gasteiger partial charge in [0.25, 0.3) is 0 Å². The summed E-state index contributed by atoms with van der Waals surface area (Å²) in [6.45, 7) is 2.13. The van der Waals surface area contributed by atoms with Crippen LogP contribution in [0.15, 0.2) is 35.5 Å². The largest absolute Gasteiger partial charge is 0.391 e. The lowest BCUT2D eigenvalue weighted by atomic mass is 10.1. The Balaban J connectivity index is 2.10. The predicted octanol–water partition coefficient (Wildman–Crippen LogP) is 2.80. The van der Waals surface area contributed by atoms with Crippen molar-refractivity contribution in [1.82, 2.24) is 5.32 Å². The van der Waals surface area contributed by atoms with Gasteiger partial charge in [0.2, 0.25) is 0 Å². The number of hydrogen-bond donors (Lipinski definition) is 1. The maximum Gasteiger partial charge on any atom is 0.0141 e. The van der Waals surface area contributed by atoms with Gasteiger partial charge in [-0.3, -0.25) is 0 Å². The Morgan fingerprint density at radius 2 is 1.86 bits per heavy atom. The number of rotatable bonds is 3. The minimum atomic E-state index is 1.06. The number of nitrogens with one attached hydrogen (secondary N) is 1. The number of aryl methyl sites for hydroxylation is 1. The first-order valence-electron chi connectivity index (χ1n) is 5.24. The predicted molar refractivity (Wildman–Crippen MR) is 60.2 cm³/mol. The first-order chi connectivity index (χ1) is 6.79. The van der Waals surface area contributed by atoms with E-state index in [0.29, 0.717) is 0 Å². The molecule has 0 heterocycles. The monoisotopic (exact) mass is 187 g/mol. The van der Waals surface area contributed by atoms with Crippen LogP contribution in [-0.4, -0.2) is 7.05 Å². The lowest BCUT2D eigenvalue weighted by Gasteiger charge is -2.06. The first-order valence-corrected chi connectivity index (χ1v) is 5.24. The van der Waals surface area contributed by atoms with E-state index in [-0.39, 0.29) is 0 Å². The van der Waals surface area contributed by atoms with Crippen LogP contribution < -0.4 is 5.32 Å². The quantitative estimate of drug-likeness (QED) is 0.767. The Kier molecular flexibility index (Phi) is 2.58. The van der Waals surface area contributed by atoms with E-state index >= 15 is 0 Å². The number of likely N-dealkylation sites (N-methyl/N-ethyl adjacent to an activating group) is 1. The molecule has 1 aliphatic rings. The Morgan fingerprint density at radius 3 is 2.36 bits per heavy atom. The summed E-state index contributed by atoms with van der Waals surface area (Å²) in [6.07, 6.45) is 3.65. The molecule has 1 aliphatic carbocycles.